The molecule has 0 fully saturated rings. The number of nitrogens with one attached hydrogen (secondary N) is 1. The van der Waals surface area contributed by atoms with Crippen molar-refractivity contribution in [3.63, 3.8) is 0 Å². The van der Waals surface area contributed by atoms with Crippen LogP contribution in [0.1, 0.15) is 5.56 Å². The molecule has 0 atom stereocenters. The minimum Gasteiger partial charge on any atom is -1.00 e. The molecule has 0 aliphatic heterocycles. The van der Waals surface area contributed by atoms with Crippen molar-refractivity contribution >= 4 is 0 Å². The number of aromatic nitrogens is 1. The molecule has 1 heterocycles. The predicted molar refractivity (Wildman–Crippen MR) is 24.4 cm³/mol. The van der Waals surface area contributed by atoms with Crippen LogP contribution < -0.4 is 24.8 Å². The molecule has 1 aromatic rings. The minimum atomic E-state index is 0. The van der Waals surface area contributed by atoms with Crippen LogP contribution in [0, 0.1) is 13.1 Å². The summed E-state index contributed by atoms with van der Waals surface area (Å²) < 4.78 is 0. The third-order valence-electron chi connectivity index (χ3n) is 0.686. The number of rotatable bonds is 0. The number of hydrogen-bond donors (Lipinski definition) is 1. The third-order valence-corrected chi connectivity index (χ3v) is 0.686. The van der Waals surface area contributed by atoms with Crippen LogP contribution in [0.3, 0.4) is 0 Å². The Labute approximate surface area is 80.8 Å². The van der Waals surface area contributed by atoms with E-state index in [-0.39, 0.29) is 44.9 Å². The predicted octanol–water partition coefficient (Wildman–Crippen LogP) is -4.87. The molecule has 0 aliphatic rings. The molecule has 0 radical (unpaired) electrons. The third kappa shape index (κ3) is 6.39. The zero-order valence-electron chi connectivity index (χ0n) is 4.74. The van der Waals surface area contributed by atoms with E-state index >= 15 is 0 Å². The summed E-state index contributed by atoms with van der Waals surface area (Å²) in [7, 11) is 0. The summed E-state index contributed by atoms with van der Waals surface area (Å²) in [6.45, 7) is 2.00. The Bertz CT molecular complexity index is 119. The molecule has 0 bridgehead atoms. The zero-order valence-corrected chi connectivity index (χ0v) is 8.65. The van der Waals surface area contributed by atoms with E-state index in [1.165, 1.54) is 0 Å². The summed E-state index contributed by atoms with van der Waals surface area (Å²) in [4.78, 5) is 2.80. The zero-order chi connectivity index (χ0) is 4.41. The van der Waals surface area contributed by atoms with Gasteiger partial charge in [-0.25, -0.2) is 0 Å². The SMILES string of the molecule is Cc1[c-][nH]cc1.[Cl-].[Cl-].[Ir+3]. The summed E-state index contributed by atoms with van der Waals surface area (Å²) in [6.07, 6.45) is 4.73. The number of H-pyrrole nitrogens is 1. The van der Waals surface area contributed by atoms with Gasteiger partial charge in [-0.1, -0.05) is 6.92 Å². The van der Waals surface area contributed by atoms with Crippen molar-refractivity contribution in [2.24, 2.45) is 0 Å². The summed E-state index contributed by atoms with van der Waals surface area (Å²) in [5, 5.41) is 0. The second-order valence-electron chi connectivity index (χ2n) is 1.29. The molecule has 1 N–H and O–H groups in total. The van der Waals surface area contributed by atoms with Crippen LogP contribution >= 0.6 is 0 Å². The molecule has 0 amide bonds. The molecule has 0 spiro atoms. The maximum Gasteiger partial charge on any atom is 3.00 e. The molecule has 1 nitrogen and oxygen atoms in total. The van der Waals surface area contributed by atoms with E-state index in [2.05, 4.69) is 11.2 Å². The fourth-order valence-electron chi connectivity index (χ4n) is 0.364. The van der Waals surface area contributed by atoms with Gasteiger partial charge in [0.2, 0.25) is 0 Å². The van der Waals surface area contributed by atoms with E-state index in [9.17, 15) is 0 Å². The maximum absolute atomic E-state index is 2.88. The first-order valence-corrected chi connectivity index (χ1v) is 1.91. The van der Waals surface area contributed by atoms with Gasteiger partial charge in [0, 0.05) is 0 Å². The smallest absolute Gasteiger partial charge is 1.00 e. The van der Waals surface area contributed by atoms with Gasteiger partial charge in [-0.05, 0) is 0 Å². The molecule has 9 heavy (non-hydrogen) atoms. The van der Waals surface area contributed by atoms with E-state index < -0.39 is 0 Å². The number of aryl methyl sites for hydroxylation is 1. The van der Waals surface area contributed by atoms with E-state index in [4.69, 9.17) is 0 Å². The van der Waals surface area contributed by atoms with Gasteiger partial charge >= 0.3 is 20.1 Å². The topological polar surface area (TPSA) is 15.8 Å². The van der Waals surface area contributed by atoms with Crippen molar-refractivity contribution < 1.29 is 44.9 Å². The number of aromatic amines is 1. The number of hydrogen-bond acceptors (Lipinski definition) is 0. The van der Waals surface area contributed by atoms with Crippen molar-refractivity contribution in [1.82, 2.24) is 4.98 Å². The first-order chi connectivity index (χ1) is 2.89. The summed E-state index contributed by atoms with van der Waals surface area (Å²) in [5.41, 5.74) is 1.16. The van der Waals surface area contributed by atoms with Crippen molar-refractivity contribution in [2.75, 3.05) is 0 Å². The van der Waals surface area contributed by atoms with Crippen molar-refractivity contribution in [3.8, 4) is 0 Å². The Morgan fingerprint density at radius 1 is 1.44 bits per heavy atom. The van der Waals surface area contributed by atoms with Crippen molar-refractivity contribution in [1.29, 1.82) is 0 Å². The maximum atomic E-state index is 2.88. The van der Waals surface area contributed by atoms with Gasteiger partial charge in [-0.3, -0.25) is 0 Å². The molecule has 4 heteroatoms. The van der Waals surface area contributed by atoms with Crippen LogP contribution in [0.4, 0.5) is 0 Å². The Morgan fingerprint density at radius 2 is 2.00 bits per heavy atom. The molecule has 0 unspecified atom stereocenters. The molecule has 0 aliphatic carbocycles. The first kappa shape index (κ1) is 16.3. The van der Waals surface area contributed by atoms with Gasteiger partial charge < -0.3 is 29.8 Å². The van der Waals surface area contributed by atoms with Crippen molar-refractivity contribution in [2.45, 2.75) is 6.92 Å². The van der Waals surface area contributed by atoms with Gasteiger partial charge in [0.15, 0.2) is 0 Å². The van der Waals surface area contributed by atoms with Gasteiger partial charge in [-0.15, -0.1) is 6.20 Å². The molecule has 1 rings (SSSR count). The molecule has 1 aromatic heterocycles. The van der Waals surface area contributed by atoms with Gasteiger partial charge in [0.25, 0.3) is 0 Å². The van der Waals surface area contributed by atoms with Crippen LogP contribution in [0.15, 0.2) is 12.3 Å². The fraction of sp³-hybridized carbons (Fsp3) is 0.200. The van der Waals surface area contributed by atoms with E-state index in [1.54, 1.807) is 0 Å². The Hall–Kier alpha value is 0.509. The largest absolute Gasteiger partial charge is 3.00 e. The Kier molecular flexibility index (Phi) is 15.4. The molecular weight excluding hydrogens is 337 g/mol. The fourth-order valence-corrected chi connectivity index (χ4v) is 0.364. The van der Waals surface area contributed by atoms with Crippen LogP contribution in [0.2, 0.25) is 0 Å². The minimum absolute atomic E-state index is 0. The second-order valence-corrected chi connectivity index (χ2v) is 1.29. The van der Waals surface area contributed by atoms with Crippen LogP contribution in [0.5, 0.6) is 0 Å². The first-order valence-electron chi connectivity index (χ1n) is 1.91. The molecule has 0 aromatic carbocycles. The Morgan fingerprint density at radius 3 is 2.11 bits per heavy atom. The summed E-state index contributed by atoms with van der Waals surface area (Å²) in [5.74, 6) is 0. The second kappa shape index (κ2) is 8.51. The normalized spacial score (nSPS) is 5.89. The monoisotopic (exact) mass is 343 g/mol. The number of halogens is 2. The quantitative estimate of drug-likeness (QED) is 0.455. The van der Waals surface area contributed by atoms with E-state index in [0.29, 0.717) is 0 Å². The van der Waals surface area contributed by atoms with Crippen LogP contribution in [-0.2, 0) is 20.1 Å². The average Bonchev–Trinajstić information content (AvgIpc) is 1.86. The molecular formula is C5H6Cl2IrN. The Balaban J connectivity index is -0.000000120. The van der Waals surface area contributed by atoms with Crippen LogP contribution in [0.25, 0.3) is 0 Å². The standard InChI is InChI=1S/C5H6N.2ClH.Ir/c1-5-2-3-6-4-5;;;/h2-3,6H,1H3;2*1H;/q-1;;;+3/p-2. The van der Waals surface area contributed by atoms with Gasteiger partial charge in [0.1, 0.15) is 0 Å². The summed E-state index contributed by atoms with van der Waals surface area (Å²) >= 11 is 0. The average molecular weight is 343 g/mol. The van der Waals surface area contributed by atoms with Crippen LogP contribution in [-0.4, -0.2) is 4.98 Å². The van der Waals surface area contributed by atoms with E-state index in [0.717, 1.165) is 5.56 Å². The van der Waals surface area contributed by atoms with E-state index in [1.807, 2.05) is 19.2 Å². The molecule has 54 valence electrons. The molecule has 0 saturated heterocycles. The summed E-state index contributed by atoms with van der Waals surface area (Å²) in [6, 6.07) is 1.97. The van der Waals surface area contributed by atoms with Gasteiger partial charge in [-0.2, -0.15) is 17.8 Å². The molecule has 0 saturated carbocycles. The van der Waals surface area contributed by atoms with Crippen molar-refractivity contribution in [3.05, 3.63) is 24.0 Å². The van der Waals surface area contributed by atoms with Gasteiger partial charge in [0.05, 0.1) is 0 Å².